The first kappa shape index (κ1) is 76.9. The summed E-state index contributed by atoms with van der Waals surface area (Å²) in [5.41, 5.74) is 14.8. The number of piperazine rings is 1. The number of nitrogens with two attached hydrogens (primary N) is 1. The zero-order valence-electron chi connectivity index (χ0n) is 58.8. The second-order valence-electron chi connectivity index (χ2n) is 26.4. The largest absolute Gasteiger partial charge is 0.491 e. The second-order valence-corrected chi connectivity index (χ2v) is 29.4. The number of methoxy groups -OCH3 is 1. The standard InChI is InChI=1S/C75H90FN11O13S3/c1-49-69(101-47-80-49)53-22-19-51(20-23-53)41-79-71(92)60-39-55(88)43-87(60)72(93)70(75(2,3)4)82-65(90)46-98-37-35-96-34-36-97-45-54(77)42-78-26-9-18-67(91)85-31-29-84(30-32-85)27-10-12-50-21-24-62(58(76)38-50)99-33-11-17-64-68(73(94)100-48-95-5)83-74(103-64)86-28-25-52-13-8-14-56(57(52)44-86)61(89)40-66-81-59-15-6-7-16-63(59)102-66/h6-8,13-16,19-24,38,42,47,55,60,70,78,88H,9,11,17-18,25-37,39-41,43-46,48,77H2,1-5H3,(H,79,92)(H,82,90)/b54-42-/t55-,60+,70-/m1/s1. The summed E-state index contributed by atoms with van der Waals surface area (Å²) in [5.74, 6) is 3.84. The van der Waals surface area contributed by atoms with Crippen LogP contribution < -0.4 is 31.3 Å². The van der Waals surface area contributed by atoms with Gasteiger partial charge in [0.25, 0.3) is 0 Å². The number of aromatic nitrogens is 3. The number of thiazole rings is 3. The molecule has 10 rings (SSSR count). The van der Waals surface area contributed by atoms with E-state index < -0.39 is 47.2 Å². The maximum atomic E-state index is 15.4. The van der Waals surface area contributed by atoms with Crippen LogP contribution in [0.2, 0.25) is 0 Å². The van der Waals surface area contributed by atoms with Gasteiger partial charge in [0.2, 0.25) is 23.6 Å². The van der Waals surface area contributed by atoms with Crippen LogP contribution in [0.5, 0.6) is 5.75 Å². The van der Waals surface area contributed by atoms with E-state index in [4.69, 9.17) is 39.1 Å². The Balaban J connectivity index is 0.556. The number of ketones is 1. The quantitative estimate of drug-likeness (QED) is 0.00852. The number of fused-ring (bicyclic) bond motifs is 2. The number of aliphatic hydroxyl groups excluding tert-OH is 1. The Labute approximate surface area is 611 Å². The zero-order valence-corrected chi connectivity index (χ0v) is 61.3. The monoisotopic (exact) mass is 1470 g/mol. The summed E-state index contributed by atoms with van der Waals surface area (Å²) in [7, 11) is 1.43. The molecular formula is C75H90FN11O13S3. The van der Waals surface area contributed by atoms with Gasteiger partial charge in [0, 0.05) is 101 Å². The highest BCUT2D eigenvalue weighted by molar-refractivity contribution is 7.18. The van der Waals surface area contributed by atoms with E-state index in [1.165, 1.54) is 40.7 Å². The molecule has 2 fully saturated rings. The Hall–Kier alpha value is -8.76. The van der Waals surface area contributed by atoms with Crippen molar-refractivity contribution in [3.63, 3.8) is 0 Å². The number of hydrogen-bond donors (Lipinski definition) is 5. The van der Waals surface area contributed by atoms with Crippen molar-refractivity contribution in [2.75, 3.05) is 117 Å². The maximum Gasteiger partial charge on any atom is 0.360 e. The summed E-state index contributed by atoms with van der Waals surface area (Å²) >= 11 is 4.48. The number of aryl methyl sites for hydroxylation is 2. The number of esters is 1. The number of benzene rings is 4. The molecule has 0 aliphatic carbocycles. The van der Waals surface area contributed by atoms with Crippen molar-refractivity contribution in [2.24, 2.45) is 11.1 Å². The van der Waals surface area contributed by atoms with Crippen molar-refractivity contribution in [3.8, 4) is 28.0 Å². The van der Waals surface area contributed by atoms with Gasteiger partial charge in [0.05, 0.1) is 90.7 Å². The molecule has 2 saturated heterocycles. The molecule has 3 aliphatic heterocycles. The average Bonchev–Trinajstić information content (AvgIpc) is 1.70. The van der Waals surface area contributed by atoms with E-state index in [0.717, 1.165) is 48.0 Å². The average molecular weight is 1470 g/mol. The second kappa shape index (κ2) is 37.6. The van der Waals surface area contributed by atoms with E-state index in [0.29, 0.717) is 111 Å². The molecule has 3 aromatic heterocycles. The molecule has 24 nitrogen and oxygen atoms in total. The third-order valence-corrected chi connectivity index (χ3v) is 20.8. The van der Waals surface area contributed by atoms with Crippen LogP contribution in [0.4, 0.5) is 9.52 Å². The van der Waals surface area contributed by atoms with E-state index in [-0.39, 0.29) is 108 Å². The van der Waals surface area contributed by atoms with Crippen molar-refractivity contribution >= 4 is 84.7 Å². The Bertz CT molecular complexity index is 4130. The summed E-state index contributed by atoms with van der Waals surface area (Å²) in [4.78, 5) is 104. The van der Waals surface area contributed by atoms with Gasteiger partial charge in [-0.05, 0) is 90.6 Å². The minimum atomic E-state index is -0.995. The fraction of sp³-hybridized carbons (Fsp3) is 0.453. The predicted octanol–water partition coefficient (Wildman–Crippen LogP) is 7.61. The normalized spacial score (nSPS) is 15.9. The number of halogens is 1. The molecule has 0 bridgehead atoms. The number of amides is 4. The van der Waals surface area contributed by atoms with Crippen molar-refractivity contribution in [3.05, 3.63) is 157 Å². The first-order valence-electron chi connectivity index (χ1n) is 34.5. The van der Waals surface area contributed by atoms with Crippen LogP contribution >= 0.6 is 34.0 Å². The van der Waals surface area contributed by atoms with E-state index in [1.54, 1.807) is 35.2 Å². The van der Waals surface area contributed by atoms with Crippen LogP contribution in [0.3, 0.4) is 0 Å². The lowest BCUT2D eigenvalue weighted by Crippen LogP contribution is -2.58. The minimum absolute atomic E-state index is 0.00230. The van der Waals surface area contributed by atoms with Gasteiger partial charge < -0.3 is 69.9 Å². The number of nitrogens with zero attached hydrogens (tertiary/aromatic N) is 7. The van der Waals surface area contributed by atoms with Gasteiger partial charge in [0.1, 0.15) is 23.7 Å². The molecule has 6 heterocycles. The van der Waals surface area contributed by atoms with Crippen LogP contribution in [0.15, 0.2) is 102 Å². The van der Waals surface area contributed by atoms with Crippen molar-refractivity contribution < 1.29 is 66.7 Å². The molecule has 0 unspecified atom stereocenters. The molecule has 0 saturated carbocycles. The SMILES string of the molecule is COCOC(=O)c1nc(N2CCc3cccc(C(=O)Cc4nc5ccccc5s4)c3C2)sc1CCCOc1ccc(C#CCN2CCN(C(=O)CCCN/C=C(\N)COCCOCCOCC(=O)N[C@H](C(=O)N3C[C@H](O)C[C@H]3C(=O)NCc3ccc(-c4scnc4C)cc3)C(C)(C)C)CC2)cc1F. The Morgan fingerprint density at radius 2 is 1.66 bits per heavy atom. The predicted molar refractivity (Wildman–Crippen MR) is 392 cm³/mol. The summed E-state index contributed by atoms with van der Waals surface area (Å²) in [5, 5.41) is 20.8. The number of hydrogen-bond acceptors (Lipinski definition) is 23. The van der Waals surface area contributed by atoms with Gasteiger partial charge >= 0.3 is 5.97 Å². The molecule has 28 heteroatoms. The minimum Gasteiger partial charge on any atom is -0.491 e. The molecule has 4 amide bonds. The molecule has 4 aromatic carbocycles. The van der Waals surface area contributed by atoms with Crippen LogP contribution in [-0.2, 0) is 75.2 Å². The number of likely N-dealkylation sites (tertiary alicyclic amines) is 1. The zero-order chi connectivity index (χ0) is 72.8. The number of nitrogens with one attached hydrogen (secondary N) is 3. The molecular weight excluding hydrogens is 1380 g/mol. The lowest BCUT2D eigenvalue weighted by Gasteiger charge is -2.35. The van der Waals surface area contributed by atoms with Gasteiger partial charge in [-0.15, -0.1) is 34.0 Å². The number of aliphatic hydroxyl groups is 1. The van der Waals surface area contributed by atoms with E-state index in [2.05, 4.69) is 53.6 Å². The summed E-state index contributed by atoms with van der Waals surface area (Å²) in [6.45, 7) is 12.8. The first-order valence-corrected chi connectivity index (χ1v) is 37.1. The van der Waals surface area contributed by atoms with E-state index in [1.807, 2.05) is 93.3 Å². The topological polar surface area (TPSA) is 292 Å². The lowest BCUT2D eigenvalue weighted by atomic mass is 9.85. The van der Waals surface area contributed by atoms with E-state index >= 15 is 4.39 Å². The van der Waals surface area contributed by atoms with Crippen molar-refractivity contribution in [1.82, 2.24) is 45.6 Å². The smallest absolute Gasteiger partial charge is 0.360 e. The number of para-hydroxylation sites is 1. The van der Waals surface area contributed by atoms with Crippen molar-refractivity contribution in [2.45, 2.75) is 104 Å². The lowest BCUT2D eigenvalue weighted by molar-refractivity contribution is -0.144. The third kappa shape index (κ3) is 21.9. The highest BCUT2D eigenvalue weighted by atomic mass is 32.1. The number of rotatable bonds is 34. The molecule has 3 atom stereocenters. The molecule has 103 heavy (non-hydrogen) atoms. The number of ether oxygens (including phenoxy) is 6. The number of Topliss-reactive ketones (excluding diaryl/α,β-unsaturated/α-hetero) is 1. The number of carbonyl (C=O) groups is 6. The van der Waals surface area contributed by atoms with Gasteiger partial charge in [-0.2, -0.15) is 0 Å². The fourth-order valence-electron chi connectivity index (χ4n) is 12.2. The molecule has 548 valence electrons. The first-order chi connectivity index (χ1) is 49.8. The maximum absolute atomic E-state index is 15.4. The molecule has 6 N–H and O–H groups in total. The number of anilines is 1. The number of β-amino-alcohol motifs (C(OH)–C–C–N with tert-alkyl or cyclic N) is 1. The molecule has 3 aliphatic rings. The molecule has 0 spiro atoms. The van der Waals surface area contributed by atoms with Crippen LogP contribution in [0, 0.1) is 30.0 Å². The number of carbonyl (C=O) groups excluding carboxylic acids is 6. The Morgan fingerprint density at radius 3 is 2.41 bits per heavy atom. The highest BCUT2D eigenvalue weighted by Crippen LogP contribution is 2.35. The summed E-state index contributed by atoms with van der Waals surface area (Å²) in [6.07, 6.45) is 3.60. The Morgan fingerprint density at radius 1 is 0.883 bits per heavy atom. The molecule has 7 aromatic rings. The highest BCUT2D eigenvalue weighted by Gasteiger charge is 2.44. The summed E-state index contributed by atoms with van der Waals surface area (Å²) < 4.78 is 49.4. The van der Waals surface area contributed by atoms with Gasteiger partial charge in [-0.3, -0.25) is 28.9 Å². The molecule has 0 radical (unpaired) electrons. The van der Waals surface area contributed by atoms with Crippen LogP contribution in [-0.4, -0.2) is 201 Å². The van der Waals surface area contributed by atoms with E-state index in [9.17, 15) is 33.9 Å². The third-order valence-electron chi connectivity index (χ3n) is 17.6. The van der Waals surface area contributed by atoms with Crippen LogP contribution in [0.25, 0.3) is 20.7 Å². The van der Waals surface area contributed by atoms with Gasteiger partial charge in [0.15, 0.2) is 35.0 Å². The van der Waals surface area contributed by atoms with Gasteiger partial charge in [-0.1, -0.05) is 87.2 Å². The summed E-state index contributed by atoms with van der Waals surface area (Å²) in [6, 6.07) is 24.3. The Kier molecular flexibility index (Phi) is 28.1. The fourth-order valence-corrected chi connectivity index (χ4v) is 15.0. The van der Waals surface area contributed by atoms with Crippen LogP contribution in [0.1, 0.15) is 105 Å². The van der Waals surface area contributed by atoms with Gasteiger partial charge in [-0.25, -0.2) is 24.1 Å². The van der Waals surface area contributed by atoms with Crippen molar-refractivity contribution in [1.29, 1.82) is 0 Å².